The van der Waals surface area contributed by atoms with Gasteiger partial charge in [0.2, 0.25) is 0 Å². The van der Waals surface area contributed by atoms with Gasteiger partial charge in [-0.05, 0) is 37.0 Å². The molecule has 0 spiro atoms. The Balaban J connectivity index is 0.00000192. The van der Waals surface area contributed by atoms with Crippen LogP contribution >= 0.6 is 11.6 Å². The molecule has 0 unspecified atom stereocenters. The minimum atomic E-state index is 0. The summed E-state index contributed by atoms with van der Waals surface area (Å²) in [6.45, 7) is 0. The van der Waals surface area contributed by atoms with Crippen molar-refractivity contribution in [3.8, 4) is 11.8 Å². The van der Waals surface area contributed by atoms with E-state index in [-0.39, 0.29) is 13.5 Å². The van der Waals surface area contributed by atoms with Crippen LogP contribution in [0.3, 0.4) is 0 Å². The van der Waals surface area contributed by atoms with Gasteiger partial charge in [-0.3, -0.25) is 0 Å². The molecule has 0 bridgehead atoms. The van der Waals surface area contributed by atoms with Crippen molar-refractivity contribution in [2.75, 3.05) is 0 Å². The highest BCUT2D eigenvalue weighted by Gasteiger charge is 2.28. The van der Waals surface area contributed by atoms with E-state index in [0.717, 1.165) is 18.6 Å². The number of hydrogen-bond acceptors (Lipinski definition) is 2. The van der Waals surface area contributed by atoms with E-state index >= 15 is 0 Å². The van der Waals surface area contributed by atoms with Crippen molar-refractivity contribution < 1.29 is 4.74 Å². The average Bonchev–Trinajstić information content (AvgIpc) is 2.56. The van der Waals surface area contributed by atoms with E-state index < -0.39 is 0 Å². The number of ether oxygens (including phenoxy) is 1. The average molecular weight is 328 g/mol. The molecule has 0 saturated heterocycles. The van der Waals surface area contributed by atoms with Crippen LogP contribution in [0.25, 0.3) is 0 Å². The third-order valence-electron chi connectivity index (χ3n) is 4.28. The van der Waals surface area contributed by atoms with Gasteiger partial charge < -0.3 is 4.74 Å². The van der Waals surface area contributed by atoms with E-state index in [1.165, 1.54) is 18.4 Å². The van der Waals surface area contributed by atoms with Crippen LogP contribution in [0.5, 0.6) is 5.75 Å². The molecule has 2 aromatic rings. The van der Waals surface area contributed by atoms with Gasteiger partial charge in [-0.25, -0.2) is 0 Å². The monoisotopic (exact) mass is 327 g/mol. The minimum Gasteiger partial charge on any atom is -0.490 e. The zero-order valence-corrected chi connectivity index (χ0v) is 13.1. The van der Waals surface area contributed by atoms with E-state index in [4.69, 9.17) is 21.6 Å². The number of hydrogen-bond donors (Lipinski definition) is 0. The summed E-state index contributed by atoms with van der Waals surface area (Å²) in [6, 6.07) is 17.9. The Labute approximate surface area is 143 Å². The molecule has 0 radical (unpaired) electrons. The summed E-state index contributed by atoms with van der Waals surface area (Å²) in [5, 5.41) is 9.40. The van der Waals surface area contributed by atoms with E-state index in [9.17, 15) is 0 Å². The first kappa shape index (κ1) is 17.4. The lowest BCUT2D eigenvalue weighted by Crippen LogP contribution is -2.28. The van der Waals surface area contributed by atoms with Crippen molar-refractivity contribution in [1.82, 2.24) is 0 Å². The number of nitriles is 1. The first-order valence-corrected chi connectivity index (χ1v) is 8.07. The molecule has 1 aliphatic carbocycles. The quantitative estimate of drug-likeness (QED) is 0.697. The third kappa shape index (κ3) is 4.06. The molecule has 3 heteroatoms. The lowest BCUT2D eigenvalue weighted by atomic mass is 9.81. The molecule has 2 nitrogen and oxygen atoms in total. The van der Waals surface area contributed by atoms with Crippen LogP contribution in [0.15, 0.2) is 48.5 Å². The fraction of sp³-hybridized carbons (Fsp3) is 0.350. The molecule has 0 aliphatic heterocycles. The Kier molecular flexibility index (Phi) is 6.07. The molecule has 0 heterocycles. The Morgan fingerprint density at radius 2 is 1.78 bits per heavy atom. The van der Waals surface area contributed by atoms with Crippen molar-refractivity contribution in [2.45, 2.75) is 45.1 Å². The van der Waals surface area contributed by atoms with Crippen molar-refractivity contribution in [3.63, 3.8) is 0 Å². The fourth-order valence-electron chi connectivity index (χ4n) is 3.15. The van der Waals surface area contributed by atoms with Crippen molar-refractivity contribution in [3.05, 3.63) is 64.7 Å². The molecule has 1 saturated carbocycles. The maximum atomic E-state index is 8.95. The summed E-state index contributed by atoms with van der Waals surface area (Å²) in [4.78, 5) is 0. The zero-order chi connectivity index (χ0) is 15.4. The SMILES string of the molecule is C.N#Cc1ccc(O[C@H]2CCCC[C@@H]2c2ccccc2)cc1Cl. The van der Waals surface area contributed by atoms with E-state index in [2.05, 4.69) is 30.3 Å². The lowest BCUT2D eigenvalue weighted by Gasteiger charge is -2.32. The molecule has 1 fully saturated rings. The largest absolute Gasteiger partial charge is 0.490 e. The molecule has 0 aromatic heterocycles. The number of benzene rings is 2. The third-order valence-corrected chi connectivity index (χ3v) is 4.59. The van der Waals surface area contributed by atoms with Crippen LogP contribution in [0.4, 0.5) is 0 Å². The fourth-order valence-corrected chi connectivity index (χ4v) is 3.37. The maximum Gasteiger partial charge on any atom is 0.121 e. The van der Waals surface area contributed by atoms with Crippen molar-refractivity contribution in [1.29, 1.82) is 5.26 Å². The highest BCUT2D eigenvalue weighted by molar-refractivity contribution is 6.31. The number of halogens is 1. The second-order valence-corrected chi connectivity index (χ2v) is 6.12. The van der Waals surface area contributed by atoms with Crippen LogP contribution in [0, 0.1) is 11.3 Å². The summed E-state index contributed by atoms with van der Waals surface area (Å²) in [6.07, 6.45) is 4.81. The summed E-state index contributed by atoms with van der Waals surface area (Å²) in [7, 11) is 0. The van der Waals surface area contributed by atoms with Gasteiger partial charge in [-0.2, -0.15) is 5.26 Å². The number of nitrogens with zero attached hydrogens (tertiary/aromatic N) is 1. The highest BCUT2D eigenvalue weighted by atomic mass is 35.5. The van der Waals surface area contributed by atoms with Gasteiger partial charge in [-0.15, -0.1) is 0 Å². The second kappa shape index (κ2) is 8.04. The molecular weight excluding hydrogens is 306 g/mol. The van der Waals surface area contributed by atoms with Gasteiger partial charge in [0.05, 0.1) is 10.6 Å². The molecule has 2 atom stereocenters. The zero-order valence-electron chi connectivity index (χ0n) is 12.3. The molecule has 2 aromatic carbocycles. The van der Waals surface area contributed by atoms with Crippen molar-refractivity contribution in [2.24, 2.45) is 0 Å². The molecule has 1 aliphatic rings. The van der Waals surface area contributed by atoms with Crippen LogP contribution in [-0.4, -0.2) is 6.10 Å². The predicted octanol–water partition coefficient (Wildman–Crippen LogP) is 5.95. The Morgan fingerprint density at radius 1 is 1.04 bits per heavy atom. The number of rotatable bonds is 3. The molecule has 23 heavy (non-hydrogen) atoms. The predicted molar refractivity (Wildman–Crippen MR) is 95.0 cm³/mol. The second-order valence-electron chi connectivity index (χ2n) is 5.71. The molecule has 120 valence electrons. The van der Waals surface area contributed by atoms with Crippen LogP contribution in [0.1, 0.15) is 50.2 Å². The van der Waals surface area contributed by atoms with Gasteiger partial charge >= 0.3 is 0 Å². The van der Waals surface area contributed by atoms with Gasteiger partial charge in [0.25, 0.3) is 0 Å². The van der Waals surface area contributed by atoms with Crippen LogP contribution < -0.4 is 4.74 Å². The standard InChI is InChI=1S/C19H18ClNO.CH4/c20-18-12-16(11-10-15(18)13-21)22-19-9-5-4-8-17(19)14-6-2-1-3-7-14;/h1-3,6-7,10-12,17,19H,4-5,8-9H2;1H4/t17-,19+;/m1./s1. The Hall–Kier alpha value is -1.98. The van der Waals surface area contributed by atoms with E-state index in [1.807, 2.05) is 12.1 Å². The smallest absolute Gasteiger partial charge is 0.121 e. The van der Waals surface area contributed by atoms with Gasteiger partial charge in [0, 0.05) is 12.0 Å². The van der Waals surface area contributed by atoms with E-state index in [1.54, 1.807) is 12.1 Å². The first-order valence-electron chi connectivity index (χ1n) is 7.69. The summed E-state index contributed by atoms with van der Waals surface area (Å²) >= 11 is 6.10. The van der Waals surface area contributed by atoms with Crippen LogP contribution in [0.2, 0.25) is 5.02 Å². The van der Waals surface area contributed by atoms with Gasteiger partial charge in [0.1, 0.15) is 17.9 Å². The van der Waals surface area contributed by atoms with Gasteiger partial charge in [0.15, 0.2) is 0 Å². The lowest BCUT2D eigenvalue weighted by molar-refractivity contribution is 0.130. The Morgan fingerprint density at radius 3 is 2.48 bits per heavy atom. The summed E-state index contributed by atoms with van der Waals surface area (Å²) in [5.74, 6) is 1.17. The summed E-state index contributed by atoms with van der Waals surface area (Å²) < 4.78 is 6.21. The molecule has 0 amide bonds. The minimum absolute atomic E-state index is 0. The van der Waals surface area contributed by atoms with E-state index in [0.29, 0.717) is 16.5 Å². The Bertz CT molecular complexity index is 678. The molecule has 0 N–H and O–H groups in total. The first-order chi connectivity index (χ1) is 10.8. The van der Waals surface area contributed by atoms with Crippen LogP contribution in [-0.2, 0) is 0 Å². The normalized spacial score (nSPS) is 20.2. The van der Waals surface area contributed by atoms with Gasteiger partial charge in [-0.1, -0.05) is 55.8 Å². The maximum absolute atomic E-state index is 8.95. The highest BCUT2D eigenvalue weighted by Crippen LogP contribution is 2.36. The topological polar surface area (TPSA) is 33.0 Å². The van der Waals surface area contributed by atoms with Crippen molar-refractivity contribution >= 4 is 11.6 Å². The summed E-state index contributed by atoms with van der Waals surface area (Å²) in [5.41, 5.74) is 1.82. The molecular formula is C20H22ClNO. The molecule has 3 rings (SSSR count).